The second-order valence-corrected chi connectivity index (χ2v) is 5.38. The first-order chi connectivity index (χ1) is 8.13. The van der Waals surface area contributed by atoms with Crippen LogP contribution in [0.15, 0.2) is 33.4 Å². The molecule has 0 bridgehead atoms. The van der Waals surface area contributed by atoms with Gasteiger partial charge in [-0.25, -0.2) is 9.82 Å². The van der Waals surface area contributed by atoms with Gasteiger partial charge >= 0.3 is 0 Å². The standard InChI is InChI=1S/C12H12BrFN2S/c1-7-2-3-8(4-11(7)14)12(16-15)9-5-17-6-10(9)13/h2-6,12,16H,15H2,1H3. The van der Waals surface area contributed by atoms with Crippen LogP contribution in [0.5, 0.6) is 0 Å². The molecular weight excluding hydrogens is 303 g/mol. The lowest BCUT2D eigenvalue weighted by molar-refractivity contribution is 0.599. The zero-order valence-electron chi connectivity index (χ0n) is 9.21. The van der Waals surface area contributed by atoms with Crippen molar-refractivity contribution in [2.75, 3.05) is 0 Å². The van der Waals surface area contributed by atoms with Crippen molar-refractivity contribution in [3.8, 4) is 0 Å². The molecule has 2 nitrogen and oxygen atoms in total. The van der Waals surface area contributed by atoms with Crippen molar-refractivity contribution in [1.82, 2.24) is 5.43 Å². The number of nitrogens with one attached hydrogen (secondary N) is 1. The number of nitrogens with two attached hydrogens (primary N) is 1. The molecule has 0 fully saturated rings. The topological polar surface area (TPSA) is 38.0 Å². The van der Waals surface area contributed by atoms with Gasteiger partial charge in [0.25, 0.3) is 0 Å². The molecule has 2 aromatic rings. The van der Waals surface area contributed by atoms with E-state index in [9.17, 15) is 4.39 Å². The number of benzene rings is 1. The molecule has 0 aliphatic carbocycles. The summed E-state index contributed by atoms with van der Waals surface area (Å²) in [5.74, 6) is 5.35. The van der Waals surface area contributed by atoms with E-state index in [0.29, 0.717) is 5.56 Å². The molecule has 0 amide bonds. The van der Waals surface area contributed by atoms with E-state index in [4.69, 9.17) is 5.84 Å². The smallest absolute Gasteiger partial charge is 0.126 e. The molecule has 5 heteroatoms. The molecule has 90 valence electrons. The van der Waals surface area contributed by atoms with E-state index in [1.807, 2.05) is 16.8 Å². The minimum Gasteiger partial charge on any atom is -0.271 e. The third-order valence-corrected chi connectivity index (χ3v) is 4.40. The number of thiophene rings is 1. The highest BCUT2D eigenvalue weighted by Gasteiger charge is 2.17. The van der Waals surface area contributed by atoms with Crippen LogP contribution in [0, 0.1) is 12.7 Å². The Kier molecular flexibility index (Phi) is 3.93. The summed E-state index contributed by atoms with van der Waals surface area (Å²) in [4.78, 5) is 0. The van der Waals surface area contributed by atoms with Crippen LogP contribution in [0.2, 0.25) is 0 Å². The van der Waals surface area contributed by atoms with Gasteiger partial charge in [-0.2, -0.15) is 11.3 Å². The number of hydrogen-bond donors (Lipinski definition) is 2. The van der Waals surface area contributed by atoms with Crippen molar-refractivity contribution < 1.29 is 4.39 Å². The van der Waals surface area contributed by atoms with Crippen molar-refractivity contribution in [1.29, 1.82) is 0 Å². The second-order valence-electron chi connectivity index (χ2n) is 3.78. The first-order valence-electron chi connectivity index (χ1n) is 5.07. The molecule has 1 aromatic carbocycles. The molecule has 0 saturated heterocycles. The molecule has 0 aliphatic heterocycles. The van der Waals surface area contributed by atoms with Gasteiger partial charge in [-0.05, 0) is 51.0 Å². The van der Waals surface area contributed by atoms with E-state index >= 15 is 0 Å². The highest BCUT2D eigenvalue weighted by molar-refractivity contribution is 9.10. The minimum absolute atomic E-state index is 0.203. The lowest BCUT2D eigenvalue weighted by Crippen LogP contribution is -2.28. The van der Waals surface area contributed by atoms with Gasteiger partial charge in [0.1, 0.15) is 5.82 Å². The zero-order valence-corrected chi connectivity index (χ0v) is 11.6. The first kappa shape index (κ1) is 12.7. The third-order valence-electron chi connectivity index (χ3n) is 2.65. The minimum atomic E-state index is -0.214. The lowest BCUT2D eigenvalue weighted by atomic mass is 10.0. The fraction of sp³-hybridized carbons (Fsp3) is 0.167. The van der Waals surface area contributed by atoms with Gasteiger partial charge in [-0.3, -0.25) is 5.84 Å². The Morgan fingerprint density at radius 2 is 2.18 bits per heavy atom. The average Bonchev–Trinajstić information content (AvgIpc) is 2.71. The highest BCUT2D eigenvalue weighted by Crippen LogP contribution is 2.31. The molecule has 0 aliphatic rings. The van der Waals surface area contributed by atoms with Gasteiger partial charge in [-0.1, -0.05) is 12.1 Å². The summed E-state index contributed by atoms with van der Waals surface area (Å²) in [6.45, 7) is 1.74. The summed E-state index contributed by atoms with van der Waals surface area (Å²) in [5.41, 5.74) is 5.18. The SMILES string of the molecule is Cc1ccc(C(NN)c2cscc2Br)cc1F. The zero-order chi connectivity index (χ0) is 12.4. The molecular formula is C12H12BrFN2S. The van der Waals surface area contributed by atoms with Crippen LogP contribution in [0.25, 0.3) is 0 Å². The van der Waals surface area contributed by atoms with Crippen LogP contribution in [0.3, 0.4) is 0 Å². The Bertz CT molecular complexity index is 527. The molecule has 17 heavy (non-hydrogen) atoms. The number of hydrazine groups is 1. The second kappa shape index (κ2) is 5.27. The van der Waals surface area contributed by atoms with E-state index in [1.165, 1.54) is 6.07 Å². The van der Waals surface area contributed by atoms with Gasteiger partial charge in [0.2, 0.25) is 0 Å². The number of halogens is 2. The van der Waals surface area contributed by atoms with Gasteiger partial charge in [-0.15, -0.1) is 0 Å². The van der Waals surface area contributed by atoms with E-state index < -0.39 is 0 Å². The van der Waals surface area contributed by atoms with Crippen molar-refractivity contribution in [2.45, 2.75) is 13.0 Å². The predicted molar refractivity (Wildman–Crippen MR) is 72.3 cm³/mol. The molecule has 1 heterocycles. The van der Waals surface area contributed by atoms with Gasteiger partial charge < -0.3 is 0 Å². The summed E-state index contributed by atoms with van der Waals surface area (Å²) >= 11 is 5.03. The molecule has 0 saturated carbocycles. The van der Waals surface area contributed by atoms with E-state index in [2.05, 4.69) is 21.4 Å². The molecule has 1 atom stereocenters. The van der Waals surface area contributed by atoms with Crippen LogP contribution < -0.4 is 11.3 Å². The largest absolute Gasteiger partial charge is 0.271 e. The fourth-order valence-corrected chi connectivity index (χ4v) is 3.20. The summed E-state index contributed by atoms with van der Waals surface area (Å²) in [5, 5.41) is 3.97. The summed E-state index contributed by atoms with van der Waals surface area (Å²) in [6, 6.07) is 4.96. The van der Waals surface area contributed by atoms with Crippen molar-refractivity contribution in [3.63, 3.8) is 0 Å². The average molecular weight is 315 g/mol. The van der Waals surface area contributed by atoms with Crippen LogP contribution in [-0.4, -0.2) is 0 Å². The summed E-state index contributed by atoms with van der Waals surface area (Å²) in [7, 11) is 0. The molecule has 0 radical (unpaired) electrons. The molecule has 3 N–H and O–H groups in total. The molecule has 0 spiro atoms. The fourth-order valence-electron chi connectivity index (χ4n) is 1.65. The first-order valence-corrected chi connectivity index (χ1v) is 6.81. The number of hydrogen-bond acceptors (Lipinski definition) is 3. The van der Waals surface area contributed by atoms with Gasteiger partial charge in [0.05, 0.1) is 6.04 Å². The Morgan fingerprint density at radius 1 is 1.41 bits per heavy atom. The Hall–Kier alpha value is -0.750. The Labute approximate surface area is 112 Å². The van der Waals surface area contributed by atoms with Gasteiger partial charge in [0.15, 0.2) is 0 Å². The van der Waals surface area contributed by atoms with E-state index in [0.717, 1.165) is 15.6 Å². The lowest BCUT2D eigenvalue weighted by Gasteiger charge is -2.16. The van der Waals surface area contributed by atoms with E-state index in [1.54, 1.807) is 24.3 Å². The van der Waals surface area contributed by atoms with Crippen molar-refractivity contribution >= 4 is 27.3 Å². The monoisotopic (exact) mass is 314 g/mol. The van der Waals surface area contributed by atoms with Crippen molar-refractivity contribution in [3.05, 3.63) is 55.9 Å². The molecule has 2 rings (SSSR count). The van der Waals surface area contributed by atoms with Crippen LogP contribution >= 0.6 is 27.3 Å². The Morgan fingerprint density at radius 3 is 2.71 bits per heavy atom. The maximum absolute atomic E-state index is 13.5. The number of rotatable bonds is 3. The predicted octanol–water partition coefficient (Wildman–Crippen LogP) is 3.51. The van der Waals surface area contributed by atoms with Gasteiger partial charge in [0, 0.05) is 9.85 Å². The quantitative estimate of drug-likeness (QED) is 0.672. The third kappa shape index (κ3) is 2.57. The van der Waals surface area contributed by atoms with Crippen LogP contribution in [0.1, 0.15) is 22.7 Å². The number of aryl methyl sites for hydroxylation is 1. The van der Waals surface area contributed by atoms with Crippen LogP contribution in [0.4, 0.5) is 4.39 Å². The molecule has 1 aromatic heterocycles. The molecule has 1 unspecified atom stereocenters. The summed E-state index contributed by atoms with van der Waals surface area (Å²) in [6.07, 6.45) is 0. The van der Waals surface area contributed by atoms with Crippen molar-refractivity contribution in [2.24, 2.45) is 5.84 Å². The highest BCUT2D eigenvalue weighted by atomic mass is 79.9. The normalized spacial score (nSPS) is 12.7. The van der Waals surface area contributed by atoms with E-state index in [-0.39, 0.29) is 11.9 Å². The summed E-state index contributed by atoms with van der Waals surface area (Å²) < 4.78 is 14.5. The Balaban J connectivity index is 2.42. The maximum Gasteiger partial charge on any atom is 0.126 e. The van der Waals surface area contributed by atoms with Crippen LogP contribution in [-0.2, 0) is 0 Å². The maximum atomic E-state index is 13.5.